The lowest BCUT2D eigenvalue weighted by Crippen LogP contribution is -2.61. The number of carboxylic acid groups (broad SMARTS) is 1. The maximum Gasteiger partial charge on any atom is 0.335 e. The number of ether oxygens (including phenoxy) is 5. The molecule has 1 aliphatic heterocycles. The third kappa shape index (κ3) is 41.0. The van der Waals surface area contributed by atoms with E-state index in [0.717, 1.165) is 116 Å². The fourth-order valence-electron chi connectivity index (χ4n) is 8.64. The molecule has 1 saturated heterocycles. The zero-order valence-electron chi connectivity index (χ0n) is 47.3. The van der Waals surface area contributed by atoms with Crippen molar-refractivity contribution in [2.24, 2.45) is 0 Å². The standard InChI is InChI=1S/C63H106O12/c1-4-7-10-13-16-19-22-25-27-28-30-32-34-37-40-43-46-49-55(64)71-52-54(73-56(65)50-47-44-41-38-36-33-29-26-23-20-17-14-11-8-5-2)53-72-63-61(59(68)58(67)60(75-63)62(69)70)74-57(66)51-48-45-42-39-35-31-24-21-18-15-12-9-6-3/h9,12,16,18-19,21,25-27,29,31,35,54,58-61,63,67-68H,4-8,10-11,13-15,17,20,22-24,28,30,32-34,36-53H2,1-3H3,(H,69,70)/b12-9-,19-16-,21-18-,27-25-,29-26-,35-31-. The van der Waals surface area contributed by atoms with Crippen LogP contribution in [0.15, 0.2) is 72.9 Å². The number of carbonyl (C=O) groups is 4. The molecule has 0 saturated carbocycles. The molecule has 0 aromatic heterocycles. The first-order valence-corrected chi connectivity index (χ1v) is 29.9. The first kappa shape index (κ1) is 69.2. The van der Waals surface area contributed by atoms with E-state index in [1.165, 1.54) is 77.0 Å². The minimum absolute atomic E-state index is 0.0221. The Morgan fingerprint density at radius 2 is 0.840 bits per heavy atom. The first-order valence-electron chi connectivity index (χ1n) is 29.9. The van der Waals surface area contributed by atoms with Crippen LogP contribution in [0.4, 0.5) is 0 Å². The van der Waals surface area contributed by atoms with Crippen LogP contribution in [-0.4, -0.2) is 89.2 Å². The summed E-state index contributed by atoms with van der Waals surface area (Å²) in [5.74, 6) is -3.18. The van der Waals surface area contributed by atoms with Crippen LogP contribution in [0.5, 0.6) is 0 Å². The number of hydrogen-bond donors (Lipinski definition) is 3. The van der Waals surface area contributed by atoms with Crippen LogP contribution in [0, 0.1) is 0 Å². The van der Waals surface area contributed by atoms with Gasteiger partial charge in [-0.15, -0.1) is 0 Å². The highest BCUT2D eigenvalue weighted by Gasteiger charge is 2.50. The average Bonchev–Trinajstić information content (AvgIpc) is 3.39. The first-order chi connectivity index (χ1) is 36.6. The van der Waals surface area contributed by atoms with Gasteiger partial charge < -0.3 is 39.0 Å². The number of aliphatic carboxylic acids is 1. The van der Waals surface area contributed by atoms with Gasteiger partial charge in [0.1, 0.15) is 18.8 Å². The van der Waals surface area contributed by atoms with Crippen molar-refractivity contribution in [1.29, 1.82) is 0 Å². The molecule has 6 unspecified atom stereocenters. The topological polar surface area (TPSA) is 175 Å². The van der Waals surface area contributed by atoms with Crippen molar-refractivity contribution in [3.8, 4) is 0 Å². The minimum Gasteiger partial charge on any atom is -0.479 e. The summed E-state index contributed by atoms with van der Waals surface area (Å²) in [5, 5.41) is 31.5. The second-order valence-electron chi connectivity index (χ2n) is 20.2. The van der Waals surface area contributed by atoms with Crippen molar-refractivity contribution in [3.63, 3.8) is 0 Å². The van der Waals surface area contributed by atoms with E-state index < -0.39 is 67.3 Å². The van der Waals surface area contributed by atoms with Crippen molar-refractivity contribution in [2.75, 3.05) is 13.2 Å². The molecule has 0 amide bonds. The van der Waals surface area contributed by atoms with E-state index in [9.17, 15) is 34.5 Å². The second-order valence-corrected chi connectivity index (χ2v) is 20.2. The zero-order chi connectivity index (χ0) is 54.7. The number of rotatable bonds is 50. The summed E-state index contributed by atoms with van der Waals surface area (Å²) < 4.78 is 28.4. The van der Waals surface area contributed by atoms with Crippen LogP contribution in [0.1, 0.15) is 252 Å². The Morgan fingerprint density at radius 1 is 0.453 bits per heavy atom. The van der Waals surface area contributed by atoms with Gasteiger partial charge in [0.05, 0.1) is 6.61 Å². The normalized spacial score (nSPS) is 18.7. The smallest absolute Gasteiger partial charge is 0.335 e. The van der Waals surface area contributed by atoms with Gasteiger partial charge in [-0.25, -0.2) is 4.79 Å². The van der Waals surface area contributed by atoms with Gasteiger partial charge in [0.2, 0.25) is 0 Å². The maximum atomic E-state index is 13.1. The molecule has 0 spiro atoms. The summed E-state index contributed by atoms with van der Waals surface area (Å²) in [4.78, 5) is 51.1. The fraction of sp³-hybridized carbons (Fsp3) is 0.746. The molecule has 1 fully saturated rings. The highest BCUT2D eigenvalue weighted by atomic mass is 16.7. The maximum absolute atomic E-state index is 13.1. The van der Waals surface area contributed by atoms with E-state index >= 15 is 0 Å². The Labute approximate surface area is 455 Å². The Kier molecular flexibility index (Phi) is 47.0. The predicted octanol–water partition coefficient (Wildman–Crippen LogP) is 15.3. The molecule has 1 heterocycles. The molecular formula is C63H106O12. The molecule has 0 bridgehead atoms. The third-order valence-corrected chi connectivity index (χ3v) is 13.2. The Hall–Kier alpha value is -3.84. The van der Waals surface area contributed by atoms with E-state index in [4.69, 9.17) is 23.7 Å². The van der Waals surface area contributed by atoms with Crippen molar-refractivity contribution in [3.05, 3.63) is 72.9 Å². The molecule has 12 nitrogen and oxygen atoms in total. The predicted molar refractivity (Wildman–Crippen MR) is 303 cm³/mol. The van der Waals surface area contributed by atoms with Crippen LogP contribution in [0.25, 0.3) is 0 Å². The summed E-state index contributed by atoms with van der Waals surface area (Å²) in [6.45, 7) is 5.82. The lowest BCUT2D eigenvalue weighted by Gasteiger charge is -2.40. The Morgan fingerprint density at radius 3 is 1.33 bits per heavy atom. The number of carboxylic acids is 1. The summed E-state index contributed by atoms with van der Waals surface area (Å²) >= 11 is 0. The molecule has 0 aliphatic carbocycles. The summed E-state index contributed by atoms with van der Waals surface area (Å²) in [6.07, 6.45) is 51.6. The van der Waals surface area contributed by atoms with Crippen molar-refractivity contribution < 1.29 is 58.2 Å². The molecule has 0 aromatic carbocycles. The number of hydrogen-bond acceptors (Lipinski definition) is 11. The van der Waals surface area contributed by atoms with Crippen LogP contribution in [0.2, 0.25) is 0 Å². The van der Waals surface area contributed by atoms with Gasteiger partial charge in [0, 0.05) is 19.3 Å². The molecule has 1 aliphatic rings. The van der Waals surface area contributed by atoms with Gasteiger partial charge in [-0.3, -0.25) is 14.4 Å². The fourth-order valence-corrected chi connectivity index (χ4v) is 8.64. The third-order valence-electron chi connectivity index (χ3n) is 13.2. The average molecular weight is 1060 g/mol. The largest absolute Gasteiger partial charge is 0.479 e. The Bertz CT molecular complexity index is 1580. The quantitative estimate of drug-likeness (QED) is 0.0228. The number of unbranched alkanes of at least 4 members (excludes halogenated alkanes) is 24. The highest BCUT2D eigenvalue weighted by molar-refractivity contribution is 5.74. The second kappa shape index (κ2) is 50.9. The van der Waals surface area contributed by atoms with Crippen molar-refractivity contribution >= 4 is 23.9 Å². The molecule has 1 rings (SSSR count). The van der Waals surface area contributed by atoms with E-state index in [1.807, 2.05) is 0 Å². The number of aliphatic hydroxyl groups excluding tert-OH is 2. The number of carbonyl (C=O) groups excluding carboxylic acids is 3. The molecule has 0 radical (unpaired) electrons. The van der Waals surface area contributed by atoms with Gasteiger partial charge in [-0.05, 0) is 109 Å². The van der Waals surface area contributed by atoms with Crippen LogP contribution in [0.3, 0.4) is 0 Å². The number of allylic oxidation sites excluding steroid dienone is 12. The van der Waals surface area contributed by atoms with Gasteiger partial charge >= 0.3 is 23.9 Å². The molecule has 430 valence electrons. The molecular weight excluding hydrogens is 949 g/mol. The molecule has 3 N–H and O–H groups in total. The minimum atomic E-state index is -1.92. The lowest BCUT2D eigenvalue weighted by molar-refractivity contribution is -0.301. The van der Waals surface area contributed by atoms with Crippen molar-refractivity contribution in [1.82, 2.24) is 0 Å². The van der Waals surface area contributed by atoms with Gasteiger partial charge in [-0.1, -0.05) is 196 Å². The van der Waals surface area contributed by atoms with E-state index in [0.29, 0.717) is 19.3 Å². The number of esters is 3. The SMILES string of the molecule is CC/C=C\C/C=C\C/C=C\CCCCCC(=O)OC1C(OCC(COC(=O)CCCCCCCCC/C=C\C/C=C\CCCCC)OC(=O)CCCCCCC/C=C\CCCCCCCC)OC(C(=O)O)C(O)C1O. The zero-order valence-corrected chi connectivity index (χ0v) is 47.3. The summed E-state index contributed by atoms with van der Waals surface area (Å²) in [7, 11) is 0. The Balaban J connectivity index is 2.71. The molecule has 12 heteroatoms. The summed E-state index contributed by atoms with van der Waals surface area (Å²) in [6, 6.07) is 0. The van der Waals surface area contributed by atoms with E-state index in [-0.39, 0.29) is 25.9 Å². The van der Waals surface area contributed by atoms with Crippen LogP contribution >= 0.6 is 0 Å². The molecule has 6 atom stereocenters. The highest BCUT2D eigenvalue weighted by Crippen LogP contribution is 2.26. The van der Waals surface area contributed by atoms with Crippen molar-refractivity contribution in [2.45, 2.75) is 289 Å². The monoisotopic (exact) mass is 1050 g/mol. The van der Waals surface area contributed by atoms with E-state index in [1.54, 1.807) is 0 Å². The van der Waals surface area contributed by atoms with Crippen LogP contribution < -0.4 is 0 Å². The molecule has 75 heavy (non-hydrogen) atoms. The lowest BCUT2D eigenvalue weighted by atomic mass is 9.98. The van der Waals surface area contributed by atoms with Gasteiger partial charge in [0.15, 0.2) is 24.6 Å². The van der Waals surface area contributed by atoms with Gasteiger partial charge in [-0.2, -0.15) is 0 Å². The molecule has 0 aromatic rings. The summed E-state index contributed by atoms with van der Waals surface area (Å²) in [5.41, 5.74) is 0. The van der Waals surface area contributed by atoms with Crippen LogP contribution in [-0.2, 0) is 42.9 Å². The van der Waals surface area contributed by atoms with E-state index in [2.05, 4.69) is 93.7 Å². The number of aliphatic hydroxyl groups is 2. The van der Waals surface area contributed by atoms with Gasteiger partial charge in [0.25, 0.3) is 0 Å².